The largest absolute Gasteiger partial charge is 0.248 e. The van der Waals surface area contributed by atoms with E-state index in [0.717, 1.165) is 82.3 Å². The van der Waals surface area contributed by atoms with Crippen molar-refractivity contribution in [1.82, 2.24) is 4.98 Å². The third kappa shape index (κ3) is 6.75. The summed E-state index contributed by atoms with van der Waals surface area (Å²) in [6.07, 6.45) is 14.8. The van der Waals surface area contributed by atoms with E-state index in [1.807, 2.05) is 12.1 Å². The molecular weight excluding hydrogens is 761 g/mol. The van der Waals surface area contributed by atoms with Crippen LogP contribution < -0.4 is 0 Å². The molecule has 8 saturated carbocycles. The van der Waals surface area contributed by atoms with Crippen LogP contribution in [-0.4, -0.2) is 4.98 Å². The Bertz CT molecular complexity index is 2420. The second-order valence-electron chi connectivity index (χ2n) is 24.6. The van der Waals surface area contributed by atoms with Crippen LogP contribution in [0, 0.1) is 45.1 Å². The number of halogens is 2. The number of aromatic nitrogens is 1. The molecule has 3 heteroatoms. The highest BCUT2D eigenvalue weighted by atomic mass is 19.1. The number of hydrogen-bond donors (Lipinski definition) is 0. The summed E-state index contributed by atoms with van der Waals surface area (Å²) in [6, 6.07) is 31.7. The average molecular weight is 828 g/mol. The van der Waals surface area contributed by atoms with Crippen LogP contribution in [0.1, 0.15) is 167 Å². The van der Waals surface area contributed by atoms with E-state index >= 15 is 8.78 Å². The van der Waals surface area contributed by atoms with Crippen molar-refractivity contribution in [2.75, 3.05) is 0 Å². The fourth-order valence-electron chi connectivity index (χ4n) is 17.1. The van der Waals surface area contributed by atoms with E-state index in [0.29, 0.717) is 33.5 Å². The summed E-state index contributed by atoms with van der Waals surface area (Å²) < 4.78 is 32.4. The smallest absolute Gasteiger partial charge is 0.124 e. The minimum absolute atomic E-state index is 0.0240. The first kappa shape index (κ1) is 40.7. The zero-order valence-electron chi connectivity index (χ0n) is 38.7. The predicted molar refractivity (Wildman–Crippen MR) is 252 cm³/mol. The number of hydrogen-bond acceptors (Lipinski definition) is 1. The molecule has 0 aliphatic heterocycles. The SMILES string of the molecule is CC(C)c1ccc(-c2cc(F)cc(C34CC5C[C@@](C)(C3)C[C@](C)(C5)C4)c2)c(-c2cccc(-c3cc(C(C)C)ccc3-c3cc(F)cc(C45CC6C[C@@](C)(C4)C[C@](C)(C6)C5)c3)n2)c1. The van der Waals surface area contributed by atoms with Crippen molar-refractivity contribution in [1.29, 1.82) is 0 Å². The molecule has 0 N–H and O–H groups in total. The van der Waals surface area contributed by atoms with Crippen LogP contribution in [0.25, 0.3) is 44.8 Å². The molecule has 5 aromatic rings. The van der Waals surface area contributed by atoms with Crippen LogP contribution >= 0.6 is 0 Å². The molecular formula is C59H67F2N. The van der Waals surface area contributed by atoms with Crippen molar-refractivity contribution in [2.45, 2.75) is 155 Å². The van der Waals surface area contributed by atoms with Gasteiger partial charge in [0.15, 0.2) is 0 Å². The minimum Gasteiger partial charge on any atom is -0.248 e. The first-order valence-electron chi connectivity index (χ1n) is 24.2. The van der Waals surface area contributed by atoms with Gasteiger partial charge in [0.2, 0.25) is 0 Å². The van der Waals surface area contributed by atoms with E-state index in [9.17, 15) is 0 Å². The topological polar surface area (TPSA) is 12.9 Å². The highest BCUT2D eigenvalue weighted by Crippen LogP contribution is 2.71. The molecule has 1 aromatic heterocycles. The first-order valence-corrected chi connectivity index (χ1v) is 24.2. The molecule has 322 valence electrons. The lowest BCUT2D eigenvalue weighted by Gasteiger charge is -2.65. The van der Waals surface area contributed by atoms with E-state index in [4.69, 9.17) is 4.98 Å². The summed E-state index contributed by atoms with van der Waals surface area (Å²) in [4.78, 5) is 5.53. The third-order valence-electron chi connectivity index (χ3n) is 17.6. The van der Waals surface area contributed by atoms with Crippen molar-refractivity contribution >= 4 is 0 Å². The Morgan fingerprint density at radius 3 is 1.19 bits per heavy atom. The Balaban J connectivity index is 1.02. The van der Waals surface area contributed by atoms with Gasteiger partial charge in [-0.3, -0.25) is 0 Å². The molecule has 0 saturated heterocycles. The van der Waals surface area contributed by atoms with Crippen molar-refractivity contribution in [2.24, 2.45) is 33.5 Å². The molecule has 8 fully saturated rings. The summed E-state index contributed by atoms with van der Waals surface area (Å²) in [5.74, 6) is 1.79. The highest BCUT2D eigenvalue weighted by molar-refractivity contribution is 5.86. The van der Waals surface area contributed by atoms with E-state index in [1.165, 1.54) is 73.6 Å². The Kier molecular flexibility index (Phi) is 8.98. The lowest BCUT2D eigenvalue weighted by atomic mass is 9.39. The molecule has 0 spiro atoms. The molecule has 0 amide bonds. The Labute approximate surface area is 370 Å². The number of benzene rings is 4. The van der Waals surface area contributed by atoms with Crippen molar-refractivity contribution in [3.63, 3.8) is 0 Å². The maximum atomic E-state index is 16.2. The highest BCUT2D eigenvalue weighted by Gasteiger charge is 2.62. The molecule has 1 nitrogen and oxygen atoms in total. The fourth-order valence-corrected chi connectivity index (χ4v) is 17.1. The molecule has 62 heavy (non-hydrogen) atoms. The molecule has 8 atom stereocenters. The van der Waals surface area contributed by atoms with Crippen LogP contribution in [0.15, 0.2) is 91.0 Å². The van der Waals surface area contributed by atoms with Gasteiger partial charge in [-0.05, 0) is 226 Å². The molecule has 1 heterocycles. The van der Waals surface area contributed by atoms with E-state index in [2.05, 4.69) is 122 Å². The number of pyridine rings is 1. The fraction of sp³-hybridized carbons (Fsp3) is 0.508. The lowest BCUT2D eigenvalue weighted by Crippen LogP contribution is -2.56. The molecule has 4 unspecified atom stereocenters. The van der Waals surface area contributed by atoms with Crippen LogP contribution in [0.3, 0.4) is 0 Å². The monoisotopic (exact) mass is 828 g/mol. The van der Waals surface area contributed by atoms with Gasteiger partial charge >= 0.3 is 0 Å². The average Bonchev–Trinajstić information content (AvgIpc) is 3.17. The van der Waals surface area contributed by atoms with Gasteiger partial charge in [0, 0.05) is 11.1 Å². The summed E-state index contributed by atoms with van der Waals surface area (Å²) in [6.45, 7) is 19.0. The van der Waals surface area contributed by atoms with Crippen LogP contribution in [0.5, 0.6) is 0 Å². The number of nitrogens with zero attached hydrogens (tertiary/aromatic N) is 1. The van der Waals surface area contributed by atoms with Gasteiger partial charge in [-0.2, -0.15) is 0 Å². The molecule has 4 aromatic carbocycles. The van der Waals surface area contributed by atoms with Crippen LogP contribution in [0.4, 0.5) is 8.78 Å². The second-order valence-corrected chi connectivity index (χ2v) is 24.6. The first-order chi connectivity index (χ1) is 29.3. The van der Waals surface area contributed by atoms with Gasteiger partial charge < -0.3 is 0 Å². The summed E-state index contributed by atoms with van der Waals surface area (Å²) in [5.41, 5.74) is 13.9. The van der Waals surface area contributed by atoms with Gasteiger partial charge in [0.1, 0.15) is 11.6 Å². The molecule has 8 aliphatic rings. The zero-order chi connectivity index (χ0) is 43.2. The Morgan fingerprint density at radius 2 is 0.839 bits per heavy atom. The molecule has 13 rings (SSSR count). The van der Waals surface area contributed by atoms with Gasteiger partial charge in [0.25, 0.3) is 0 Å². The van der Waals surface area contributed by atoms with Crippen molar-refractivity contribution < 1.29 is 8.78 Å². The van der Waals surface area contributed by atoms with Gasteiger partial charge in [0.05, 0.1) is 11.4 Å². The summed E-state index contributed by atoms with van der Waals surface area (Å²) in [7, 11) is 0. The van der Waals surface area contributed by atoms with E-state index in [1.54, 1.807) is 12.1 Å². The van der Waals surface area contributed by atoms with Gasteiger partial charge in [-0.1, -0.05) is 97.9 Å². The quantitative estimate of drug-likeness (QED) is 0.152. The van der Waals surface area contributed by atoms with Crippen molar-refractivity contribution in [3.8, 4) is 44.8 Å². The molecule has 8 bridgehead atoms. The lowest BCUT2D eigenvalue weighted by molar-refractivity contribution is -0.110. The van der Waals surface area contributed by atoms with Gasteiger partial charge in [-0.25, -0.2) is 13.8 Å². The van der Waals surface area contributed by atoms with E-state index < -0.39 is 0 Å². The standard InChI is InChI=1S/C59H67F2N/c1-36(2)40-12-14-48(42-16-44(22-46(60)18-42)58-28-38-24-54(5,32-58)30-55(6,25-38)33-58)50(20-40)52-10-9-11-53(62-52)51-21-41(37(3)4)13-15-49(51)43-17-45(23-47(61)19-43)59-29-39-26-56(7,34-59)31-57(8,27-39)35-59/h9-23,36-39H,24-35H2,1-8H3/t38?,39?,54-,55+,56-,57+,58?,59?. The Hall–Kier alpha value is -4.11. The van der Waals surface area contributed by atoms with Gasteiger partial charge in [-0.15, -0.1) is 0 Å². The van der Waals surface area contributed by atoms with Crippen molar-refractivity contribution in [3.05, 3.63) is 125 Å². The maximum absolute atomic E-state index is 16.2. The normalized spacial score (nSPS) is 34.2. The zero-order valence-corrected chi connectivity index (χ0v) is 38.7. The molecule has 8 aliphatic carbocycles. The van der Waals surface area contributed by atoms with Crippen LogP contribution in [-0.2, 0) is 10.8 Å². The number of rotatable bonds is 8. The minimum atomic E-state index is -0.148. The third-order valence-corrected chi connectivity index (χ3v) is 17.6. The summed E-state index contributed by atoms with van der Waals surface area (Å²) in [5, 5.41) is 0. The summed E-state index contributed by atoms with van der Waals surface area (Å²) >= 11 is 0. The predicted octanol–water partition coefficient (Wildman–Crippen LogP) is 16.8. The second kappa shape index (κ2) is 13.7. The Morgan fingerprint density at radius 1 is 0.452 bits per heavy atom. The molecule has 0 radical (unpaired) electrons. The van der Waals surface area contributed by atoms with Crippen LogP contribution in [0.2, 0.25) is 0 Å². The maximum Gasteiger partial charge on any atom is 0.124 e. The van der Waals surface area contributed by atoms with E-state index in [-0.39, 0.29) is 22.5 Å².